The standard InChI is InChI=1S/C11H18N2O2S/c1-9(4-7-16(2)15)13-10(14)11(8-12)5-3-6-11/h9H,3-7H2,1-2H3,(H,13,14). The maximum atomic E-state index is 11.8. The van der Waals surface area contributed by atoms with Crippen LogP contribution in [-0.4, -0.2) is 28.2 Å². The minimum Gasteiger partial charge on any atom is -0.352 e. The second kappa shape index (κ2) is 5.44. The number of hydrogen-bond donors (Lipinski definition) is 1. The van der Waals surface area contributed by atoms with Gasteiger partial charge in [0, 0.05) is 28.9 Å². The van der Waals surface area contributed by atoms with E-state index >= 15 is 0 Å². The van der Waals surface area contributed by atoms with E-state index in [0.717, 1.165) is 6.42 Å². The SMILES string of the molecule is CC(CCS(C)=O)NC(=O)C1(C#N)CCC1. The molecule has 5 heteroatoms. The summed E-state index contributed by atoms with van der Waals surface area (Å²) in [7, 11) is -0.828. The van der Waals surface area contributed by atoms with Gasteiger partial charge in [-0.1, -0.05) is 0 Å². The van der Waals surface area contributed by atoms with Gasteiger partial charge in [-0.25, -0.2) is 0 Å². The zero-order valence-electron chi connectivity index (χ0n) is 9.78. The molecular weight excluding hydrogens is 224 g/mol. The molecule has 1 aliphatic carbocycles. The molecule has 16 heavy (non-hydrogen) atoms. The Kier molecular flexibility index (Phi) is 4.48. The molecule has 1 fully saturated rings. The van der Waals surface area contributed by atoms with E-state index < -0.39 is 16.2 Å². The minimum atomic E-state index is -0.828. The second-order valence-electron chi connectivity index (χ2n) is 4.49. The van der Waals surface area contributed by atoms with Crippen LogP contribution in [0.25, 0.3) is 0 Å². The molecule has 0 aromatic rings. The van der Waals surface area contributed by atoms with Crippen molar-refractivity contribution in [2.24, 2.45) is 5.41 Å². The van der Waals surface area contributed by atoms with E-state index in [9.17, 15) is 9.00 Å². The maximum Gasteiger partial charge on any atom is 0.240 e. The van der Waals surface area contributed by atoms with Crippen LogP contribution in [-0.2, 0) is 15.6 Å². The van der Waals surface area contributed by atoms with Crippen molar-refractivity contribution < 1.29 is 9.00 Å². The molecule has 1 N–H and O–H groups in total. The molecule has 0 radical (unpaired) electrons. The molecule has 0 aliphatic heterocycles. The molecule has 1 aliphatic rings. The minimum absolute atomic E-state index is 0.0118. The summed E-state index contributed by atoms with van der Waals surface area (Å²) >= 11 is 0. The van der Waals surface area contributed by atoms with Gasteiger partial charge in [0.15, 0.2) is 0 Å². The number of rotatable bonds is 5. The van der Waals surface area contributed by atoms with E-state index in [1.165, 1.54) is 0 Å². The highest BCUT2D eigenvalue weighted by Crippen LogP contribution is 2.40. The molecular formula is C11H18N2O2S. The molecule has 1 rings (SSSR count). The fraction of sp³-hybridized carbons (Fsp3) is 0.818. The summed E-state index contributed by atoms with van der Waals surface area (Å²) in [5.41, 5.74) is -0.778. The molecule has 0 aromatic heterocycles. The molecule has 1 amide bonds. The van der Waals surface area contributed by atoms with Crippen LogP contribution in [0.2, 0.25) is 0 Å². The monoisotopic (exact) mass is 242 g/mol. The summed E-state index contributed by atoms with van der Waals surface area (Å²) in [6, 6.07) is 2.10. The third kappa shape index (κ3) is 3.05. The van der Waals surface area contributed by atoms with E-state index in [0.29, 0.717) is 25.0 Å². The maximum absolute atomic E-state index is 11.8. The van der Waals surface area contributed by atoms with Crippen LogP contribution in [0.3, 0.4) is 0 Å². The summed E-state index contributed by atoms with van der Waals surface area (Å²) in [6.07, 6.45) is 4.63. The molecule has 0 aromatic carbocycles. The van der Waals surface area contributed by atoms with Gasteiger partial charge >= 0.3 is 0 Å². The lowest BCUT2D eigenvalue weighted by atomic mass is 9.69. The van der Waals surface area contributed by atoms with Crippen molar-refractivity contribution >= 4 is 16.7 Å². The average Bonchev–Trinajstić information content (AvgIpc) is 2.13. The van der Waals surface area contributed by atoms with Crippen LogP contribution in [0.1, 0.15) is 32.6 Å². The van der Waals surface area contributed by atoms with Crippen molar-refractivity contribution in [2.45, 2.75) is 38.6 Å². The predicted octanol–water partition coefficient (Wildman–Crippen LogP) is 0.954. The van der Waals surface area contributed by atoms with E-state index in [1.807, 2.05) is 6.92 Å². The number of carbonyl (C=O) groups excluding carboxylic acids is 1. The van der Waals surface area contributed by atoms with E-state index in [2.05, 4.69) is 11.4 Å². The van der Waals surface area contributed by atoms with E-state index in [1.54, 1.807) is 6.26 Å². The number of nitriles is 1. The van der Waals surface area contributed by atoms with Gasteiger partial charge in [0.05, 0.1) is 6.07 Å². The van der Waals surface area contributed by atoms with Gasteiger partial charge in [-0.3, -0.25) is 9.00 Å². The summed E-state index contributed by atoms with van der Waals surface area (Å²) in [4.78, 5) is 11.8. The van der Waals surface area contributed by atoms with Gasteiger partial charge in [-0.2, -0.15) is 5.26 Å². The van der Waals surface area contributed by atoms with Gasteiger partial charge in [0.1, 0.15) is 5.41 Å². The fourth-order valence-electron chi connectivity index (χ4n) is 1.70. The van der Waals surface area contributed by atoms with Gasteiger partial charge in [0.2, 0.25) is 5.91 Å². The zero-order chi connectivity index (χ0) is 12.2. The smallest absolute Gasteiger partial charge is 0.240 e. The number of amides is 1. The quantitative estimate of drug-likeness (QED) is 0.780. The Bertz CT molecular complexity index is 331. The first-order chi connectivity index (χ1) is 7.50. The number of carbonyl (C=O) groups is 1. The lowest BCUT2D eigenvalue weighted by Crippen LogP contribution is -2.47. The Hall–Kier alpha value is -0.890. The van der Waals surface area contributed by atoms with Crippen LogP contribution in [0.4, 0.5) is 0 Å². The van der Waals surface area contributed by atoms with Crippen molar-refractivity contribution in [2.75, 3.05) is 12.0 Å². The highest BCUT2D eigenvalue weighted by molar-refractivity contribution is 7.84. The number of nitrogens with one attached hydrogen (secondary N) is 1. The van der Waals surface area contributed by atoms with Crippen LogP contribution in [0, 0.1) is 16.7 Å². The molecule has 2 atom stereocenters. The fourth-order valence-corrected chi connectivity index (χ4v) is 2.38. The van der Waals surface area contributed by atoms with Gasteiger partial charge in [0.25, 0.3) is 0 Å². The van der Waals surface area contributed by atoms with E-state index in [4.69, 9.17) is 5.26 Å². The Morgan fingerprint density at radius 1 is 1.62 bits per heavy atom. The van der Waals surface area contributed by atoms with E-state index in [-0.39, 0.29) is 11.9 Å². The molecule has 0 spiro atoms. The summed E-state index contributed by atoms with van der Waals surface area (Å²) in [5.74, 6) is 0.428. The van der Waals surface area contributed by atoms with Crippen molar-refractivity contribution in [3.05, 3.63) is 0 Å². The number of hydrogen-bond acceptors (Lipinski definition) is 3. The van der Waals surface area contributed by atoms with Gasteiger partial charge in [-0.05, 0) is 32.6 Å². The molecule has 0 saturated heterocycles. The van der Waals surface area contributed by atoms with Crippen LogP contribution >= 0.6 is 0 Å². The second-order valence-corrected chi connectivity index (χ2v) is 6.04. The van der Waals surface area contributed by atoms with Crippen LogP contribution in [0.5, 0.6) is 0 Å². The Labute approximate surface area is 98.9 Å². The predicted molar refractivity (Wildman–Crippen MR) is 63.1 cm³/mol. The third-order valence-electron chi connectivity index (χ3n) is 3.07. The summed E-state index contributed by atoms with van der Waals surface area (Å²) in [5, 5.41) is 11.8. The first kappa shape index (κ1) is 13.2. The molecule has 0 heterocycles. The van der Waals surface area contributed by atoms with Crippen LogP contribution in [0.15, 0.2) is 0 Å². The zero-order valence-corrected chi connectivity index (χ0v) is 10.6. The first-order valence-corrected chi connectivity index (χ1v) is 7.25. The van der Waals surface area contributed by atoms with Gasteiger partial charge in [-0.15, -0.1) is 0 Å². The largest absolute Gasteiger partial charge is 0.352 e. The highest BCUT2D eigenvalue weighted by Gasteiger charge is 2.44. The average molecular weight is 242 g/mol. The third-order valence-corrected chi connectivity index (χ3v) is 3.88. The molecule has 2 unspecified atom stereocenters. The van der Waals surface area contributed by atoms with Crippen molar-refractivity contribution in [1.29, 1.82) is 5.26 Å². The lowest BCUT2D eigenvalue weighted by molar-refractivity contribution is -0.132. The Morgan fingerprint density at radius 2 is 2.25 bits per heavy atom. The molecule has 0 bridgehead atoms. The molecule has 1 saturated carbocycles. The Balaban J connectivity index is 2.39. The summed E-state index contributed by atoms with van der Waals surface area (Å²) in [6.45, 7) is 1.88. The van der Waals surface area contributed by atoms with Gasteiger partial charge < -0.3 is 5.32 Å². The first-order valence-electron chi connectivity index (χ1n) is 5.52. The molecule has 90 valence electrons. The van der Waals surface area contributed by atoms with Crippen LogP contribution < -0.4 is 5.32 Å². The van der Waals surface area contributed by atoms with Crippen molar-refractivity contribution in [3.8, 4) is 6.07 Å². The normalized spacial score (nSPS) is 21.3. The molecule has 4 nitrogen and oxygen atoms in total. The Morgan fingerprint density at radius 3 is 2.62 bits per heavy atom. The summed E-state index contributed by atoms with van der Waals surface area (Å²) < 4.78 is 10.9. The highest BCUT2D eigenvalue weighted by atomic mass is 32.2. The topological polar surface area (TPSA) is 70.0 Å². The van der Waals surface area contributed by atoms with Crippen molar-refractivity contribution in [1.82, 2.24) is 5.32 Å². The lowest BCUT2D eigenvalue weighted by Gasteiger charge is -2.34. The number of nitrogens with zero attached hydrogens (tertiary/aromatic N) is 1. The van der Waals surface area contributed by atoms with Crippen molar-refractivity contribution in [3.63, 3.8) is 0 Å².